The molecule has 0 radical (unpaired) electrons. The van der Waals surface area contributed by atoms with Gasteiger partial charge in [-0.2, -0.15) is 0 Å². The minimum absolute atomic E-state index is 0.204. The Balaban J connectivity index is 1.75. The molecule has 1 N–H and O–H groups in total. The lowest BCUT2D eigenvalue weighted by Gasteiger charge is -2.33. The predicted octanol–water partition coefficient (Wildman–Crippen LogP) is 1.54. The van der Waals surface area contributed by atoms with Crippen molar-refractivity contribution in [3.63, 3.8) is 0 Å². The maximum absolute atomic E-state index is 12.7. The van der Waals surface area contributed by atoms with Crippen molar-refractivity contribution in [3.05, 3.63) is 24.3 Å². The van der Waals surface area contributed by atoms with E-state index in [9.17, 15) is 14.7 Å². The Labute approximate surface area is 128 Å². The van der Waals surface area contributed by atoms with Gasteiger partial charge in [0, 0.05) is 13.1 Å². The molecule has 0 bridgehead atoms. The van der Waals surface area contributed by atoms with Gasteiger partial charge in [0.2, 0.25) is 6.10 Å². The summed E-state index contributed by atoms with van der Waals surface area (Å²) >= 11 is 0. The molecule has 118 valence electrons. The van der Waals surface area contributed by atoms with Crippen LogP contribution in [-0.2, 0) is 9.59 Å². The lowest BCUT2D eigenvalue weighted by Crippen LogP contribution is -2.50. The van der Waals surface area contributed by atoms with Crippen LogP contribution in [0, 0.1) is 5.41 Å². The Hall–Kier alpha value is -2.24. The summed E-state index contributed by atoms with van der Waals surface area (Å²) in [5, 5.41) is 9.27. The van der Waals surface area contributed by atoms with Crippen molar-refractivity contribution in [2.45, 2.75) is 32.5 Å². The minimum atomic E-state index is -0.883. The number of aliphatic carboxylic acids is 1. The largest absolute Gasteiger partial charge is 0.482 e. The van der Waals surface area contributed by atoms with Crippen molar-refractivity contribution in [3.8, 4) is 11.5 Å². The SMILES string of the molecule is C[C@@H]1Oc2ccccc2O[C@H]1C(=O)N1CC[C@@](C)(C(=O)O)C1. The summed E-state index contributed by atoms with van der Waals surface area (Å²) in [7, 11) is 0. The molecule has 0 unspecified atom stereocenters. The van der Waals surface area contributed by atoms with Crippen molar-refractivity contribution in [2.24, 2.45) is 5.41 Å². The number of nitrogens with zero attached hydrogens (tertiary/aromatic N) is 1. The van der Waals surface area contributed by atoms with Crippen LogP contribution in [0.2, 0.25) is 0 Å². The predicted molar refractivity (Wildman–Crippen MR) is 77.9 cm³/mol. The summed E-state index contributed by atoms with van der Waals surface area (Å²) in [5.41, 5.74) is -0.883. The third kappa shape index (κ3) is 2.38. The maximum Gasteiger partial charge on any atom is 0.311 e. The first-order valence-electron chi connectivity index (χ1n) is 7.35. The van der Waals surface area contributed by atoms with E-state index in [-0.39, 0.29) is 12.5 Å². The van der Waals surface area contributed by atoms with Crippen molar-refractivity contribution in [1.82, 2.24) is 4.90 Å². The van der Waals surface area contributed by atoms with E-state index < -0.39 is 23.6 Å². The van der Waals surface area contributed by atoms with Crippen LogP contribution in [0.1, 0.15) is 20.3 Å². The first kappa shape index (κ1) is 14.7. The number of carbonyl (C=O) groups excluding carboxylic acids is 1. The Morgan fingerprint density at radius 2 is 1.91 bits per heavy atom. The van der Waals surface area contributed by atoms with Crippen LogP contribution in [-0.4, -0.2) is 47.2 Å². The number of para-hydroxylation sites is 2. The van der Waals surface area contributed by atoms with Gasteiger partial charge in [-0.05, 0) is 32.4 Å². The Bertz CT molecular complexity index is 616. The van der Waals surface area contributed by atoms with Crippen LogP contribution in [0.4, 0.5) is 0 Å². The van der Waals surface area contributed by atoms with Gasteiger partial charge in [-0.1, -0.05) is 12.1 Å². The molecule has 2 heterocycles. The van der Waals surface area contributed by atoms with Gasteiger partial charge in [0.05, 0.1) is 5.41 Å². The number of amides is 1. The average molecular weight is 305 g/mol. The van der Waals surface area contributed by atoms with E-state index in [1.54, 1.807) is 30.9 Å². The second kappa shape index (κ2) is 5.19. The van der Waals surface area contributed by atoms with Crippen LogP contribution >= 0.6 is 0 Å². The number of hydrogen-bond donors (Lipinski definition) is 1. The molecule has 0 aromatic heterocycles. The maximum atomic E-state index is 12.7. The standard InChI is InChI=1S/C16H19NO5/c1-10-13(22-12-6-4-3-5-11(12)21-10)14(18)17-8-7-16(2,9-17)15(19)20/h3-6,10,13H,7-9H2,1-2H3,(H,19,20)/t10-,13+,16+/m0/s1. The summed E-state index contributed by atoms with van der Waals surface area (Å²) in [6.45, 7) is 4.08. The van der Waals surface area contributed by atoms with E-state index in [4.69, 9.17) is 9.47 Å². The minimum Gasteiger partial charge on any atom is -0.482 e. The summed E-state index contributed by atoms with van der Waals surface area (Å²) in [4.78, 5) is 25.5. The first-order valence-corrected chi connectivity index (χ1v) is 7.35. The fourth-order valence-electron chi connectivity index (χ4n) is 2.89. The van der Waals surface area contributed by atoms with E-state index in [1.165, 1.54) is 0 Å². The van der Waals surface area contributed by atoms with Gasteiger partial charge in [-0.15, -0.1) is 0 Å². The molecular weight excluding hydrogens is 286 g/mol. The molecule has 6 heteroatoms. The molecule has 1 saturated heterocycles. The van der Waals surface area contributed by atoms with E-state index in [0.717, 1.165) is 0 Å². The highest BCUT2D eigenvalue weighted by Crippen LogP contribution is 2.36. The van der Waals surface area contributed by atoms with Gasteiger partial charge >= 0.3 is 5.97 Å². The van der Waals surface area contributed by atoms with Crippen LogP contribution in [0.5, 0.6) is 11.5 Å². The smallest absolute Gasteiger partial charge is 0.311 e. The fraction of sp³-hybridized carbons (Fsp3) is 0.500. The number of ether oxygens (including phenoxy) is 2. The van der Waals surface area contributed by atoms with Gasteiger partial charge in [0.15, 0.2) is 11.5 Å². The molecule has 1 fully saturated rings. The van der Waals surface area contributed by atoms with Crippen LogP contribution in [0.25, 0.3) is 0 Å². The normalized spacial score (nSPS) is 30.2. The number of carbonyl (C=O) groups is 2. The second-order valence-electron chi connectivity index (χ2n) is 6.18. The highest BCUT2D eigenvalue weighted by atomic mass is 16.6. The highest BCUT2D eigenvalue weighted by molar-refractivity contribution is 5.84. The van der Waals surface area contributed by atoms with Gasteiger partial charge in [-0.25, -0.2) is 0 Å². The fourth-order valence-corrected chi connectivity index (χ4v) is 2.89. The molecule has 1 aromatic rings. The molecule has 3 atom stereocenters. The van der Waals surface area contributed by atoms with Crippen molar-refractivity contribution in [1.29, 1.82) is 0 Å². The quantitative estimate of drug-likeness (QED) is 0.897. The number of likely N-dealkylation sites (tertiary alicyclic amines) is 1. The summed E-state index contributed by atoms with van der Waals surface area (Å²) in [6.07, 6.45) is -0.711. The lowest BCUT2D eigenvalue weighted by molar-refractivity contribution is -0.148. The van der Waals surface area contributed by atoms with E-state index in [2.05, 4.69) is 0 Å². The Morgan fingerprint density at radius 1 is 1.27 bits per heavy atom. The number of fused-ring (bicyclic) bond motifs is 1. The topological polar surface area (TPSA) is 76.1 Å². The van der Waals surface area contributed by atoms with Gasteiger partial charge in [-0.3, -0.25) is 9.59 Å². The van der Waals surface area contributed by atoms with E-state index in [1.807, 2.05) is 12.1 Å². The van der Waals surface area contributed by atoms with Crippen molar-refractivity contribution < 1.29 is 24.2 Å². The summed E-state index contributed by atoms with van der Waals surface area (Å²) in [5.74, 6) is 0.0731. The van der Waals surface area contributed by atoms with E-state index in [0.29, 0.717) is 24.5 Å². The summed E-state index contributed by atoms with van der Waals surface area (Å²) < 4.78 is 11.5. The zero-order valence-electron chi connectivity index (χ0n) is 12.6. The zero-order valence-corrected chi connectivity index (χ0v) is 12.6. The molecule has 2 aliphatic heterocycles. The number of benzene rings is 1. The molecule has 0 saturated carbocycles. The lowest BCUT2D eigenvalue weighted by atomic mass is 9.90. The van der Waals surface area contributed by atoms with Crippen LogP contribution in [0.3, 0.4) is 0 Å². The molecule has 1 amide bonds. The molecule has 3 rings (SSSR count). The highest BCUT2D eigenvalue weighted by Gasteiger charge is 2.45. The summed E-state index contributed by atoms with van der Waals surface area (Å²) in [6, 6.07) is 7.21. The van der Waals surface area contributed by atoms with Gasteiger partial charge in [0.25, 0.3) is 5.91 Å². The number of hydrogen-bond acceptors (Lipinski definition) is 4. The molecule has 22 heavy (non-hydrogen) atoms. The Morgan fingerprint density at radius 3 is 2.50 bits per heavy atom. The van der Waals surface area contributed by atoms with E-state index >= 15 is 0 Å². The molecule has 0 spiro atoms. The zero-order chi connectivity index (χ0) is 15.9. The number of rotatable bonds is 2. The van der Waals surface area contributed by atoms with Crippen molar-refractivity contribution >= 4 is 11.9 Å². The third-order valence-corrected chi connectivity index (χ3v) is 4.39. The van der Waals surface area contributed by atoms with Gasteiger partial charge in [0.1, 0.15) is 6.10 Å². The second-order valence-corrected chi connectivity index (χ2v) is 6.18. The molecule has 2 aliphatic rings. The average Bonchev–Trinajstić information content (AvgIpc) is 2.90. The first-order chi connectivity index (χ1) is 10.4. The van der Waals surface area contributed by atoms with Gasteiger partial charge < -0.3 is 19.5 Å². The molecular formula is C16H19NO5. The number of carboxylic acid groups (broad SMARTS) is 1. The number of carboxylic acids is 1. The molecule has 0 aliphatic carbocycles. The molecule has 1 aromatic carbocycles. The van der Waals surface area contributed by atoms with Crippen LogP contribution < -0.4 is 9.47 Å². The van der Waals surface area contributed by atoms with Crippen molar-refractivity contribution in [2.75, 3.05) is 13.1 Å². The Kier molecular flexibility index (Phi) is 3.47. The van der Waals surface area contributed by atoms with Crippen LogP contribution in [0.15, 0.2) is 24.3 Å². The molecule has 6 nitrogen and oxygen atoms in total. The monoisotopic (exact) mass is 305 g/mol. The third-order valence-electron chi connectivity index (χ3n) is 4.39.